The van der Waals surface area contributed by atoms with E-state index < -0.39 is 54.7 Å². The van der Waals surface area contributed by atoms with Crippen LogP contribution in [0.25, 0.3) is 9.81 Å². The van der Waals surface area contributed by atoms with Crippen LogP contribution in [-0.2, 0) is 35.1 Å². The average Bonchev–Trinajstić information content (AvgIpc) is 2.79. The maximum Gasteiger partial charge on any atom is 0.416 e. The lowest BCUT2D eigenvalue weighted by atomic mass is 10.0. The fourth-order valence-electron chi connectivity index (χ4n) is 3.18. The highest BCUT2D eigenvalue weighted by Gasteiger charge is 2.35. The van der Waals surface area contributed by atoms with Crippen LogP contribution < -0.4 is 0 Å². The number of sulfone groups is 1. The van der Waals surface area contributed by atoms with E-state index in [0.29, 0.717) is 12.1 Å². The van der Waals surface area contributed by atoms with Crippen molar-refractivity contribution in [3.8, 4) is 0 Å². The van der Waals surface area contributed by atoms with E-state index in [1.54, 1.807) is 0 Å². The summed E-state index contributed by atoms with van der Waals surface area (Å²) in [6.45, 7) is 0. The summed E-state index contributed by atoms with van der Waals surface area (Å²) >= 11 is 0. The van der Waals surface area contributed by atoms with E-state index in [2.05, 4.69) is 9.47 Å². The van der Waals surface area contributed by atoms with E-state index >= 15 is 0 Å². The van der Waals surface area contributed by atoms with E-state index in [9.17, 15) is 35.6 Å². The number of ether oxygens (including phenoxy) is 2. The summed E-state index contributed by atoms with van der Waals surface area (Å²) in [5.41, 5.74) is -1.97. The number of hydrogen-bond acceptors (Lipinski definition) is 6. The maximum absolute atomic E-state index is 13.4. The Bertz CT molecular complexity index is 1320. The Morgan fingerprint density at radius 3 is 1.56 bits per heavy atom. The molecule has 11 heteroatoms. The topological polar surface area (TPSA) is 86.7 Å². The van der Waals surface area contributed by atoms with Gasteiger partial charge in [0.2, 0.25) is 9.84 Å². The molecule has 0 spiro atoms. The van der Waals surface area contributed by atoms with Crippen molar-refractivity contribution >= 4 is 31.6 Å². The third-order valence-electron chi connectivity index (χ3n) is 4.85. The van der Waals surface area contributed by atoms with Gasteiger partial charge in [-0.15, -0.1) is 0 Å². The molecule has 0 aliphatic carbocycles. The first-order chi connectivity index (χ1) is 15.9. The quantitative estimate of drug-likeness (QED) is 0.206. The fraction of sp³-hybridized carbons (Fsp3) is 0.130. The van der Waals surface area contributed by atoms with Crippen LogP contribution >= 0.6 is 0 Å². The largest absolute Gasteiger partial charge is 0.465 e. The second-order valence-electron chi connectivity index (χ2n) is 6.92. The van der Waals surface area contributed by atoms with Gasteiger partial charge in [0.05, 0.1) is 29.6 Å². The normalized spacial score (nSPS) is 15.2. The molecule has 2 aromatic rings. The van der Waals surface area contributed by atoms with Gasteiger partial charge < -0.3 is 9.47 Å². The van der Waals surface area contributed by atoms with E-state index in [0.717, 1.165) is 50.6 Å². The Labute approximate surface area is 191 Å². The Balaban J connectivity index is 2.33. The van der Waals surface area contributed by atoms with Crippen LogP contribution in [0.1, 0.15) is 16.7 Å². The Hall–Kier alpha value is -3.73. The van der Waals surface area contributed by atoms with Gasteiger partial charge in [-0.05, 0) is 53.1 Å². The summed E-state index contributed by atoms with van der Waals surface area (Å²) < 4.78 is 88.4. The number of carbonyl (C=O) groups excluding carboxylic acids is 2. The Morgan fingerprint density at radius 2 is 1.18 bits per heavy atom. The van der Waals surface area contributed by atoms with Crippen LogP contribution in [0.3, 0.4) is 0 Å². The molecular weight excluding hydrogens is 480 g/mol. The van der Waals surface area contributed by atoms with Crippen LogP contribution in [0.5, 0.6) is 0 Å². The van der Waals surface area contributed by atoms with Crippen molar-refractivity contribution in [1.29, 1.82) is 0 Å². The van der Waals surface area contributed by atoms with Crippen molar-refractivity contribution in [3.63, 3.8) is 0 Å². The molecule has 2 aromatic carbocycles. The summed E-state index contributed by atoms with van der Waals surface area (Å²) in [6.07, 6.45) is -2.67. The monoisotopic (exact) mass is 496 g/mol. The number of allylic oxidation sites excluding steroid dienone is 3. The highest BCUT2D eigenvalue weighted by Crippen LogP contribution is 2.40. The highest BCUT2D eigenvalue weighted by atomic mass is 32.2. The zero-order chi connectivity index (χ0) is 25.3. The van der Waals surface area contributed by atoms with Crippen molar-refractivity contribution in [2.45, 2.75) is 6.18 Å². The number of benzene rings is 2. The van der Waals surface area contributed by atoms with Gasteiger partial charge >= 0.3 is 18.1 Å². The van der Waals surface area contributed by atoms with Crippen LogP contribution in [0.2, 0.25) is 0 Å². The third kappa shape index (κ3) is 4.79. The maximum atomic E-state index is 13.4. The molecule has 1 aliphatic rings. The number of alkyl halides is 3. The molecule has 1 heterocycles. The first kappa shape index (κ1) is 24.9. The van der Waals surface area contributed by atoms with Crippen LogP contribution in [0.4, 0.5) is 17.6 Å². The summed E-state index contributed by atoms with van der Waals surface area (Å²) in [7, 11) is -2.39. The minimum absolute atomic E-state index is 0.0190. The van der Waals surface area contributed by atoms with Crippen LogP contribution in [0.15, 0.2) is 71.8 Å². The highest BCUT2D eigenvalue weighted by molar-refractivity contribution is 8.09. The molecule has 1 aliphatic heterocycles. The number of rotatable bonds is 4. The number of methoxy groups -OCH3 is 2. The molecule has 0 aromatic heterocycles. The summed E-state index contributed by atoms with van der Waals surface area (Å²) in [5, 5.41) is 0. The number of esters is 2. The standard InChI is InChI=1S/C23H16F4O6S/c1-32-21(28)20(22(29)33-2)15-11-18(13-3-7-16(8-4-13)23(25,26)27)34(30,31)19(12-15)14-5-9-17(24)10-6-14/h3-12H,1-2H3. The number of halogens is 4. The Morgan fingerprint density at radius 1 is 0.765 bits per heavy atom. The van der Waals surface area contributed by atoms with E-state index in [4.69, 9.17) is 0 Å². The second-order valence-corrected chi connectivity index (χ2v) is 8.80. The van der Waals surface area contributed by atoms with Crippen molar-refractivity contribution in [2.75, 3.05) is 14.2 Å². The molecule has 0 saturated carbocycles. The third-order valence-corrected chi connectivity index (χ3v) is 6.71. The Kier molecular flexibility index (Phi) is 6.78. The van der Waals surface area contributed by atoms with Crippen molar-refractivity contribution < 1.29 is 45.0 Å². The zero-order valence-corrected chi connectivity index (χ0v) is 18.5. The lowest BCUT2D eigenvalue weighted by Gasteiger charge is -2.20. The predicted molar refractivity (Wildman–Crippen MR) is 114 cm³/mol. The van der Waals surface area contributed by atoms with Gasteiger partial charge in [0, 0.05) is 0 Å². The lowest BCUT2D eigenvalue weighted by molar-refractivity contribution is -0.144. The number of hydrogen-bond donors (Lipinski definition) is 0. The molecule has 34 heavy (non-hydrogen) atoms. The summed E-state index contributed by atoms with van der Waals surface area (Å²) in [6, 6.07) is 7.66. The average molecular weight is 496 g/mol. The van der Waals surface area contributed by atoms with Gasteiger partial charge in [-0.1, -0.05) is 24.3 Å². The minimum atomic E-state index is -4.65. The molecule has 3 rings (SSSR count). The van der Waals surface area contributed by atoms with Gasteiger partial charge in [0.15, 0.2) is 5.57 Å². The molecule has 0 N–H and O–H groups in total. The van der Waals surface area contributed by atoms with Gasteiger partial charge in [0.25, 0.3) is 0 Å². The smallest absolute Gasteiger partial charge is 0.416 e. The fourth-order valence-corrected chi connectivity index (χ4v) is 4.87. The minimum Gasteiger partial charge on any atom is -0.465 e. The van der Waals surface area contributed by atoms with E-state index in [1.807, 2.05) is 0 Å². The van der Waals surface area contributed by atoms with Gasteiger partial charge in [-0.25, -0.2) is 22.4 Å². The first-order valence-corrected chi connectivity index (χ1v) is 10.9. The summed E-state index contributed by atoms with van der Waals surface area (Å²) in [4.78, 5) is 23.7. The SMILES string of the molecule is COC(=O)C(C(=O)OC)=C1C=C(c2ccc(F)cc2)S(=O)(=O)C(c2ccc(C(F)(F)F)cc2)=C1. The van der Waals surface area contributed by atoms with E-state index in [-0.39, 0.29) is 16.7 Å². The number of carbonyl (C=O) groups is 2. The van der Waals surface area contributed by atoms with Gasteiger partial charge in [-0.3, -0.25) is 0 Å². The van der Waals surface area contributed by atoms with Crippen molar-refractivity contribution in [1.82, 2.24) is 0 Å². The van der Waals surface area contributed by atoms with Gasteiger partial charge in [0.1, 0.15) is 5.82 Å². The molecule has 0 saturated heterocycles. The van der Waals surface area contributed by atoms with Gasteiger partial charge in [-0.2, -0.15) is 13.2 Å². The molecule has 0 amide bonds. The molecule has 0 atom stereocenters. The van der Waals surface area contributed by atoms with Crippen molar-refractivity contribution in [3.05, 3.63) is 94.3 Å². The van der Waals surface area contributed by atoms with Crippen LogP contribution in [0, 0.1) is 5.82 Å². The second kappa shape index (κ2) is 9.26. The molecule has 0 unspecified atom stereocenters. The molecule has 0 bridgehead atoms. The zero-order valence-electron chi connectivity index (χ0n) is 17.6. The van der Waals surface area contributed by atoms with Crippen molar-refractivity contribution in [2.24, 2.45) is 0 Å². The molecule has 0 radical (unpaired) electrons. The lowest BCUT2D eigenvalue weighted by Crippen LogP contribution is -2.20. The molecule has 178 valence electrons. The predicted octanol–water partition coefficient (Wildman–Crippen LogP) is 4.30. The van der Waals surface area contributed by atoms with E-state index in [1.165, 1.54) is 12.1 Å². The first-order valence-electron chi connectivity index (χ1n) is 9.43. The molecule has 6 nitrogen and oxygen atoms in total. The van der Waals surface area contributed by atoms with Crippen LogP contribution in [-0.4, -0.2) is 34.6 Å². The summed E-state index contributed by atoms with van der Waals surface area (Å²) in [5.74, 6) is -2.89. The molecule has 0 fully saturated rings. The molecular formula is C23H16F4O6S.